The first-order valence-electron chi connectivity index (χ1n) is 6.19. The number of likely N-dealkylation sites (N-methyl/N-ethyl adjacent to an activating group) is 1. The Hall–Kier alpha value is -2.41. The number of anilines is 1. The number of nitrogens with two attached hydrogens (primary N) is 1. The zero-order valence-corrected chi connectivity index (χ0v) is 11.5. The number of nitrogens with one attached hydrogen (secondary N) is 1. The lowest BCUT2D eigenvalue weighted by molar-refractivity contribution is 0.0950. The summed E-state index contributed by atoms with van der Waals surface area (Å²) in [6.45, 7) is 1.28. The molecule has 0 aliphatic heterocycles. The number of aromatic nitrogens is 2. The summed E-state index contributed by atoms with van der Waals surface area (Å²) in [5.74, 6) is -0.233. The molecule has 0 radical (unpaired) electrons. The van der Waals surface area contributed by atoms with Gasteiger partial charge in [-0.1, -0.05) is 0 Å². The minimum atomic E-state index is -0.377. The topological polar surface area (TPSA) is 92.7 Å². The van der Waals surface area contributed by atoms with E-state index in [2.05, 4.69) is 10.3 Å². The molecule has 106 valence electrons. The van der Waals surface area contributed by atoms with Gasteiger partial charge in [-0.3, -0.25) is 14.0 Å². The summed E-state index contributed by atoms with van der Waals surface area (Å²) in [6, 6.07) is 3.24. The van der Waals surface area contributed by atoms with E-state index in [9.17, 15) is 9.59 Å². The van der Waals surface area contributed by atoms with Crippen molar-refractivity contribution in [1.29, 1.82) is 0 Å². The lowest BCUT2D eigenvalue weighted by Gasteiger charge is -2.10. The van der Waals surface area contributed by atoms with E-state index in [1.807, 2.05) is 19.0 Å². The maximum absolute atomic E-state index is 12.0. The molecular formula is C13H17N5O2. The zero-order valence-electron chi connectivity index (χ0n) is 11.5. The van der Waals surface area contributed by atoms with Gasteiger partial charge in [-0.2, -0.15) is 0 Å². The SMILES string of the molecule is CN(C)CCNC(=O)c1ccc2ncc(N)c(=O)n2c1. The molecule has 0 saturated carbocycles. The fraction of sp³-hybridized carbons (Fsp3) is 0.308. The van der Waals surface area contributed by atoms with Gasteiger partial charge in [-0.05, 0) is 26.2 Å². The number of nitrogens with zero attached hydrogens (tertiary/aromatic N) is 3. The fourth-order valence-corrected chi connectivity index (χ4v) is 1.72. The molecule has 20 heavy (non-hydrogen) atoms. The molecule has 3 N–H and O–H groups in total. The Kier molecular flexibility index (Phi) is 3.99. The first-order valence-corrected chi connectivity index (χ1v) is 6.19. The number of carbonyl (C=O) groups excluding carboxylic acids is 1. The molecule has 0 spiro atoms. The lowest BCUT2D eigenvalue weighted by Crippen LogP contribution is -2.31. The molecule has 0 saturated heterocycles. The molecule has 0 aliphatic rings. The highest BCUT2D eigenvalue weighted by molar-refractivity contribution is 5.94. The van der Waals surface area contributed by atoms with Gasteiger partial charge in [0.15, 0.2) is 0 Å². The predicted molar refractivity (Wildman–Crippen MR) is 76.8 cm³/mol. The molecule has 7 heteroatoms. The summed E-state index contributed by atoms with van der Waals surface area (Å²) in [5.41, 5.74) is 6.04. The number of nitrogen functional groups attached to an aromatic ring is 1. The predicted octanol–water partition coefficient (Wildman–Crippen LogP) is -0.432. The highest BCUT2D eigenvalue weighted by Crippen LogP contribution is 2.03. The number of hydrogen-bond acceptors (Lipinski definition) is 5. The number of amides is 1. The standard InChI is InChI=1S/C13H17N5O2/c1-17(2)6-5-15-12(19)9-3-4-11-16-7-10(14)13(20)18(11)8-9/h3-4,7-8H,5-6,14H2,1-2H3,(H,15,19). The average Bonchev–Trinajstić information content (AvgIpc) is 2.42. The van der Waals surface area contributed by atoms with Crippen molar-refractivity contribution in [1.82, 2.24) is 19.6 Å². The zero-order chi connectivity index (χ0) is 14.7. The van der Waals surface area contributed by atoms with Crippen LogP contribution >= 0.6 is 0 Å². The number of carbonyl (C=O) groups is 1. The molecule has 0 aromatic carbocycles. The molecule has 0 bridgehead atoms. The van der Waals surface area contributed by atoms with Crippen LogP contribution in [0.3, 0.4) is 0 Å². The van der Waals surface area contributed by atoms with E-state index in [-0.39, 0.29) is 17.2 Å². The molecule has 2 aromatic heterocycles. The largest absolute Gasteiger partial charge is 0.393 e. The fourth-order valence-electron chi connectivity index (χ4n) is 1.72. The van der Waals surface area contributed by atoms with Crippen LogP contribution in [-0.2, 0) is 0 Å². The van der Waals surface area contributed by atoms with Crippen LogP contribution in [0.4, 0.5) is 5.69 Å². The van der Waals surface area contributed by atoms with Crippen molar-refractivity contribution in [2.24, 2.45) is 0 Å². The molecule has 0 atom stereocenters. The Morgan fingerprint density at radius 3 is 2.90 bits per heavy atom. The van der Waals surface area contributed by atoms with Crippen molar-refractivity contribution in [3.63, 3.8) is 0 Å². The second kappa shape index (κ2) is 5.70. The van der Waals surface area contributed by atoms with Gasteiger partial charge in [-0.15, -0.1) is 0 Å². The summed E-state index contributed by atoms with van der Waals surface area (Å²) in [6.07, 6.45) is 2.76. The molecule has 0 fully saturated rings. The van der Waals surface area contributed by atoms with Crippen molar-refractivity contribution in [3.05, 3.63) is 40.4 Å². The number of rotatable bonds is 4. The van der Waals surface area contributed by atoms with Crippen molar-refractivity contribution in [2.75, 3.05) is 32.9 Å². The van der Waals surface area contributed by atoms with E-state index in [0.29, 0.717) is 17.8 Å². The summed E-state index contributed by atoms with van der Waals surface area (Å²) >= 11 is 0. The van der Waals surface area contributed by atoms with Crippen LogP contribution in [0.5, 0.6) is 0 Å². The average molecular weight is 275 g/mol. The quantitative estimate of drug-likeness (QED) is 0.789. The Morgan fingerprint density at radius 2 is 2.20 bits per heavy atom. The van der Waals surface area contributed by atoms with Gasteiger partial charge in [0.05, 0.1) is 11.8 Å². The van der Waals surface area contributed by atoms with Gasteiger partial charge in [0.25, 0.3) is 11.5 Å². The molecule has 7 nitrogen and oxygen atoms in total. The van der Waals surface area contributed by atoms with Crippen molar-refractivity contribution >= 4 is 17.2 Å². The maximum atomic E-state index is 12.0. The summed E-state index contributed by atoms with van der Waals surface area (Å²) in [4.78, 5) is 29.8. The van der Waals surface area contributed by atoms with E-state index in [1.165, 1.54) is 16.8 Å². The Bertz CT molecular complexity index is 693. The summed E-state index contributed by atoms with van der Waals surface area (Å²) in [7, 11) is 3.85. The van der Waals surface area contributed by atoms with Crippen LogP contribution < -0.4 is 16.6 Å². The summed E-state index contributed by atoms with van der Waals surface area (Å²) < 4.78 is 1.27. The maximum Gasteiger partial charge on any atom is 0.281 e. The van der Waals surface area contributed by atoms with Crippen LogP contribution in [0.15, 0.2) is 29.3 Å². The highest BCUT2D eigenvalue weighted by Gasteiger charge is 2.08. The second-order valence-electron chi connectivity index (χ2n) is 4.72. The molecule has 2 aromatic rings. The van der Waals surface area contributed by atoms with Crippen LogP contribution in [0.25, 0.3) is 5.65 Å². The van der Waals surface area contributed by atoms with Crippen molar-refractivity contribution in [2.45, 2.75) is 0 Å². The van der Waals surface area contributed by atoms with E-state index >= 15 is 0 Å². The van der Waals surface area contributed by atoms with E-state index in [1.54, 1.807) is 12.1 Å². The third-order valence-electron chi connectivity index (χ3n) is 2.84. The van der Waals surface area contributed by atoms with Gasteiger partial charge in [0, 0.05) is 19.3 Å². The first-order chi connectivity index (χ1) is 9.49. The van der Waals surface area contributed by atoms with Gasteiger partial charge in [-0.25, -0.2) is 4.98 Å². The van der Waals surface area contributed by atoms with Gasteiger partial charge in [0.2, 0.25) is 0 Å². The van der Waals surface area contributed by atoms with Crippen LogP contribution in [0.1, 0.15) is 10.4 Å². The number of pyridine rings is 1. The van der Waals surface area contributed by atoms with Crippen molar-refractivity contribution < 1.29 is 4.79 Å². The normalized spacial score (nSPS) is 10.9. The minimum absolute atomic E-state index is 0.0488. The third kappa shape index (κ3) is 2.94. The molecule has 1 amide bonds. The van der Waals surface area contributed by atoms with Crippen LogP contribution in [-0.4, -0.2) is 47.4 Å². The molecular weight excluding hydrogens is 258 g/mol. The third-order valence-corrected chi connectivity index (χ3v) is 2.84. The smallest absolute Gasteiger partial charge is 0.281 e. The lowest BCUT2D eigenvalue weighted by atomic mass is 10.2. The van der Waals surface area contributed by atoms with Crippen LogP contribution in [0.2, 0.25) is 0 Å². The van der Waals surface area contributed by atoms with Gasteiger partial charge >= 0.3 is 0 Å². The van der Waals surface area contributed by atoms with Gasteiger partial charge < -0.3 is 16.0 Å². The minimum Gasteiger partial charge on any atom is -0.393 e. The molecule has 2 rings (SSSR count). The number of fused-ring (bicyclic) bond motifs is 1. The number of hydrogen-bond donors (Lipinski definition) is 2. The van der Waals surface area contributed by atoms with E-state index in [0.717, 1.165) is 6.54 Å². The highest BCUT2D eigenvalue weighted by atomic mass is 16.1. The second-order valence-corrected chi connectivity index (χ2v) is 4.72. The van der Waals surface area contributed by atoms with Gasteiger partial charge in [0.1, 0.15) is 11.3 Å². The molecule has 0 aliphatic carbocycles. The Balaban J connectivity index is 2.25. The monoisotopic (exact) mass is 275 g/mol. The van der Waals surface area contributed by atoms with E-state index in [4.69, 9.17) is 5.73 Å². The first kappa shape index (κ1) is 14.0. The summed E-state index contributed by atoms with van der Waals surface area (Å²) in [5, 5.41) is 2.78. The van der Waals surface area contributed by atoms with E-state index < -0.39 is 0 Å². The molecule has 0 unspecified atom stereocenters. The molecule has 2 heterocycles. The Labute approximate surface area is 116 Å². The Morgan fingerprint density at radius 1 is 1.45 bits per heavy atom. The van der Waals surface area contributed by atoms with Crippen molar-refractivity contribution in [3.8, 4) is 0 Å². The van der Waals surface area contributed by atoms with Crippen LogP contribution in [0, 0.1) is 0 Å².